The van der Waals surface area contributed by atoms with Crippen LogP contribution in [-0.4, -0.2) is 79.3 Å². The molecular formula is C31H36F5N3O5S. The molecule has 2 aromatic carbocycles. The average molecular weight is 658 g/mol. The van der Waals surface area contributed by atoms with Crippen LogP contribution < -0.4 is 0 Å². The van der Waals surface area contributed by atoms with E-state index in [4.69, 9.17) is 9.47 Å². The van der Waals surface area contributed by atoms with Gasteiger partial charge in [-0.1, -0.05) is 43.3 Å². The fourth-order valence-electron chi connectivity index (χ4n) is 6.19. The molecule has 0 spiro atoms. The number of hydrogen-bond donors (Lipinski definition) is 3. The molecule has 8 nitrogen and oxygen atoms in total. The molecule has 246 valence electrons. The molecule has 2 aliphatic rings. The van der Waals surface area contributed by atoms with E-state index >= 15 is 0 Å². The summed E-state index contributed by atoms with van der Waals surface area (Å²) in [6.07, 6.45) is -3.55. The van der Waals surface area contributed by atoms with Crippen molar-refractivity contribution in [2.24, 2.45) is 0 Å². The van der Waals surface area contributed by atoms with Crippen LogP contribution in [0.5, 0.6) is 0 Å². The van der Waals surface area contributed by atoms with E-state index in [-0.39, 0.29) is 30.0 Å². The Morgan fingerprint density at radius 3 is 2.27 bits per heavy atom. The number of halogens is 5. The number of aliphatic hydroxyl groups is 3. The predicted octanol–water partition coefficient (Wildman–Crippen LogP) is 5.53. The van der Waals surface area contributed by atoms with E-state index in [0.29, 0.717) is 0 Å². The molecule has 0 amide bonds. The first-order valence-electron chi connectivity index (χ1n) is 14.7. The topological polar surface area (TPSA) is 110 Å². The van der Waals surface area contributed by atoms with Gasteiger partial charge in [0.05, 0.1) is 23.7 Å². The maximum atomic E-state index is 14.3. The number of rotatable bonds is 9. The van der Waals surface area contributed by atoms with Gasteiger partial charge in [-0.2, -0.15) is 0 Å². The smallest absolute Gasteiger partial charge is 0.248 e. The summed E-state index contributed by atoms with van der Waals surface area (Å²) in [5.74, 6) is -7.31. The van der Waals surface area contributed by atoms with Crippen LogP contribution in [0.4, 0.5) is 22.0 Å². The average Bonchev–Trinajstić information content (AvgIpc) is 3.50. The molecule has 45 heavy (non-hydrogen) atoms. The third-order valence-corrected chi connectivity index (χ3v) is 10.3. The van der Waals surface area contributed by atoms with Crippen molar-refractivity contribution in [1.82, 2.24) is 15.0 Å². The van der Waals surface area contributed by atoms with E-state index in [1.54, 1.807) is 0 Å². The highest BCUT2D eigenvalue weighted by Crippen LogP contribution is 2.54. The second-order valence-electron chi connectivity index (χ2n) is 12.0. The second kappa shape index (κ2) is 13.2. The lowest BCUT2D eigenvalue weighted by atomic mass is 9.77. The SMILES string of the molecule is CO[C@@H]1[C@@H](n2cc(-c3cc(F)c(F)c(F)c3)nn2)[C@@H](O)[C@@H](CO)O[C@H]1SC(c1ccccc1C(C)C)C1(O)CCC(F)(F)CC1. The number of benzene rings is 2. The molecule has 1 aromatic heterocycles. The minimum atomic E-state index is -2.90. The Bertz CT molecular complexity index is 1460. The summed E-state index contributed by atoms with van der Waals surface area (Å²) < 4.78 is 83.2. The van der Waals surface area contributed by atoms with Crippen molar-refractivity contribution >= 4 is 11.8 Å². The molecule has 1 saturated heterocycles. The normalized spacial score (nSPS) is 27.1. The summed E-state index contributed by atoms with van der Waals surface area (Å²) in [5, 5.41) is 40.7. The van der Waals surface area contributed by atoms with Crippen LogP contribution in [0.15, 0.2) is 42.6 Å². The molecule has 2 fully saturated rings. The molecule has 14 heteroatoms. The Labute approximate surface area is 261 Å². The molecule has 1 unspecified atom stereocenters. The molecule has 3 aromatic rings. The number of methoxy groups -OCH3 is 1. The van der Waals surface area contributed by atoms with Crippen molar-refractivity contribution in [2.75, 3.05) is 13.7 Å². The highest BCUT2D eigenvalue weighted by molar-refractivity contribution is 8.00. The predicted molar refractivity (Wildman–Crippen MR) is 156 cm³/mol. The van der Waals surface area contributed by atoms with Crippen LogP contribution in [0.1, 0.15) is 67.9 Å². The zero-order valence-electron chi connectivity index (χ0n) is 24.9. The van der Waals surface area contributed by atoms with Gasteiger partial charge in [-0.05, 0) is 42.0 Å². The van der Waals surface area contributed by atoms with Crippen LogP contribution in [0.2, 0.25) is 0 Å². The second-order valence-corrected chi connectivity index (χ2v) is 13.2. The van der Waals surface area contributed by atoms with E-state index < -0.39 is 83.5 Å². The number of aromatic nitrogens is 3. The maximum absolute atomic E-state index is 14.3. The Kier molecular flexibility index (Phi) is 9.93. The molecular weight excluding hydrogens is 621 g/mol. The van der Waals surface area contributed by atoms with E-state index in [0.717, 1.165) is 35.0 Å². The van der Waals surface area contributed by atoms with E-state index in [1.165, 1.54) is 18.0 Å². The van der Waals surface area contributed by atoms with Crippen LogP contribution in [0.3, 0.4) is 0 Å². The molecule has 3 N–H and O–H groups in total. The summed E-state index contributed by atoms with van der Waals surface area (Å²) >= 11 is 1.15. The minimum Gasteiger partial charge on any atom is -0.394 e. The number of thioether (sulfide) groups is 1. The zero-order valence-corrected chi connectivity index (χ0v) is 25.7. The van der Waals surface area contributed by atoms with Crippen LogP contribution >= 0.6 is 11.8 Å². The quantitative estimate of drug-likeness (QED) is 0.204. The fraction of sp³-hybridized carbons (Fsp3) is 0.548. The molecule has 0 bridgehead atoms. The van der Waals surface area contributed by atoms with Gasteiger partial charge in [0.2, 0.25) is 5.92 Å². The van der Waals surface area contributed by atoms with Gasteiger partial charge in [0.25, 0.3) is 0 Å². The third-order valence-electron chi connectivity index (χ3n) is 8.70. The van der Waals surface area contributed by atoms with Gasteiger partial charge in [-0.25, -0.2) is 26.6 Å². The van der Waals surface area contributed by atoms with Crippen molar-refractivity contribution < 1.29 is 46.7 Å². The van der Waals surface area contributed by atoms with Gasteiger partial charge in [0.1, 0.15) is 35.5 Å². The Hall–Kier alpha value is -2.62. The summed E-state index contributed by atoms with van der Waals surface area (Å²) in [7, 11) is 1.37. The number of aliphatic hydroxyl groups excluding tert-OH is 2. The summed E-state index contributed by atoms with van der Waals surface area (Å²) in [6.45, 7) is 3.37. The van der Waals surface area contributed by atoms with Crippen LogP contribution in [-0.2, 0) is 9.47 Å². The highest BCUT2D eigenvalue weighted by atomic mass is 32.2. The lowest BCUT2D eigenvalue weighted by Crippen LogP contribution is -2.56. The molecule has 6 atom stereocenters. The lowest BCUT2D eigenvalue weighted by Gasteiger charge is -2.47. The van der Waals surface area contributed by atoms with Crippen molar-refractivity contribution in [2.45, 2.75) is 92.0 Å². The van der Waals surface area contributed by atoms with Gasteiger partial charge in [0, 0.05) is 25.5 Å². The van der Waals surface area contributed by atoms with Gasteiger partial charge >= 0.3 is 0 Å². The summed E-state index contributed by atoms with van der Waals surface area (Å²) in [6, 6.07) is 7.92. The van der Waals surface area contributed by atoms with Gasteiger partial charge in [-0.3, -0.25) is 0 Å². The first kappa shape index (κ1) is 33.7. The number of hydrogen-bond acceptors (Lipinski definition) is 8. The van der Waals surface area contributed by atoms with Crippen molar-refractivity contribution in [3.05, 3.63) is 71.2 Å². The van der Waals surface area contributed by atoms with Gasteiger partial charge in [0.15, 0.2) is 17.5 Å². The van der Waals surface area contributed by atoms with Crippen molar-refractivity contribution in [3.8, 4) is 11.3 Å². The number of nitrogens with zero attached hydrogens (tertiary/aromatic N) is 3. The van der Waals surface area contributed by atoms with E-state index in [1.807, 2.05) is 38.1 Å². The molecule has 0 radical (unpaired) electrons. The van der Waals surface area contributed by atoms with E-state index in [9.17, 15) is 37.3 Å². The first-order valence-corrected chi connectivity index (χ1v) is 15.6. The summed E-state index contributed by atoms with van der Waals surface area (Å²) in [5.41, 5.74) is -0.968. The maximum Gasteiger partial charge on any atom is 0.248 e. The molecule has 5 rings (SSSR count). The summed E-state index contributed by atoms with van der Waals surface area (Å²) in [4.78, 5) is 0. The van der Waals surface area contributed by atoms with E-state index in [2.05, 4.69) is 10.3 Å². The zero-order chi connectivity index (χ0) is 32.7. The largest absolute Gasteiger partial charge is 0.394 e. The number of ether oxygens (including phenoxy) is 2. The molecule has 2 heterocycles. The van der Waals surface area contributed by atoms with Gasteiger partial charge < -0.3 is 24.8 Å². The third kappa shape index (κ3) is 6.77. The fourth-order valence-corrected chi connectivity index (χ4v) is 7.94. The first-order chi connectivity index (χ1) is 21.3. The van der Waals surface area contributed by atoms with Crippen LogP contribution in [0, 0.1) is 17.5 Å². The monoisotopic (exact) mass is 657 g/mol. The molecule has 1 aliphatic carbocycles. The molecule has 1 saturated carbocycles. The standard InChI is InChI=1S/C31H36F5N3O5S/c1-16(2)18-6-4-5-7-19(18)28(30(42)8-10-31(35,36)11-9-30)45-29-27(43-3)25(26(41)23(15-40)44-29)39-14-22(37-38-39)17-12-20(32)24(34)21(33)13-17/h4-7,12-14,16,23,25-29,40-42H,8-11,15H2,1-3H3/t23-,25+,26+,27-,28?,29+/m1/s1. The Morgan fingerprint density at radius 2 is 1.69 bits per heavy atom. The van der Waals surface area contributed by atoms with Crippen molar-refractivity contribution in [3.63, 3.8) is 0 Å². The van der Waals surface area contributed by atoms with Crippen LogP contribution in [0.25, 0.3) is 11.3 Å². The van der Waals surface area contributed by atoms with Gasteiger partial charge in [-0.15, -0.1) is 16.9 Å². The minimum absolute atomic E-state index is 0.0210. The van der Waals surface area contributed by atoms with Crippen molar-refractivity contribution in [1.29, 1.82) is 0 Å². The lowest BCUT2D eigenvalue weighted by molar-refractivity contribution is -0.186. The highest BCUT2D eigenvalue weighted by Gasteiger charge is 2.52. The Balaban J connectivity index is 1.53. The molecule has 1 aliphatic heterocycles. The number of alkyl halides is 2. The Morgan fingerprint density at radius 1 is 1.07 bits per heavy atom.